The molecule has 0 aliphatic rings. The second-order valence-electron chi connectivity index (χ2n) is 5.54. The third-order valence-electron chi connectivity index (χ3n) is 3.66. The number of benzene rings is 2. The topological polar surface area (TPSA) is 79.9 Å². The van der Waals surface area contributed by atoms with E-state index >= 15 is 0 Å². The van der Waals surface area contributed by atoms with Gasteiger partial charge >= 0.3 is 0 Å². The summed E-state index contributed by atoms with van der Waals surface area (Å²) in [4.78, 5) is 16.7. The molecule has 2 N–H and O–H groups in total. The first-order valence-corrected chi connectivity index (χ1v) is 9.22. The van der Waals surface area contributed by atoms with Gasteiger partial charge in [-0.15, -0.1) is 5.10 Å². The SMILES string of the molecule is COc1ccc(Cl)cc1NC(=O)[C@@H](C)Sc1n[nH]c(-c2ccccc2F)n1. The number of aromatic nitrogens is 3. The number of amides is 1. The average Bonchev–Trinajstić information content (AvgIpc) is 3.10. The number of rotatable bonds is 6. The van der Waals surface area contributed by atoms with Crippen LogP contribution < -0.4 is 10.1 Å². The normalized spacial score (nSPS) is 11.9. The van der Waals surface area contributed by atoms with Crippen molar-refractivity contribution in [2.24, 2.45) is 0 Å². The van der Waals surface area contributed by atoms with E-state index in [0.29, 0.717) is 33.0 Å². The van der Waals surface area contributed by atoms with Gasteiger partial charge in [0, 0.05) is 5.02 Å². The Kier molecular flexibility index (Phi) is 5.98. The van der Waals surface area contributed by atoms with E-state index in [9.17, 15) is 9.18 Å². The molecule has 0 saturated heterocycles. The minimum atomic E-state index is -0.502. The largest absolute Gasteiger partial charge is 0.495 e. The Balaban J connectivity index is 1.69. The van der Waals surface area contributed by atoms with Crippen molar-refractivity contribution in [3.05, 3.63) is 53.3 Å². The minimum Gasteiger partial charge on any atom is -0.495 e. The summed E-state index contributed by atoms with van der Waals surface area (Å²) in [6, 6.07) is 11.2. The Labute approximate surface area is 164 Å². The lowest BCUT2D eigenvalue weighted by atomic mass is 10.2. The van der Waals surface area contributed by atoms with Gasteiger partial charge in [0.25, 0.3) is 0 Å². The van der Waals surface area contributed by atoms with Crippen LogP contribution in [0.1, 0.15) is 6.92 Å². The molecule has 1 atom stereocenters. The molecule has 0 unspecified atom stereocenters. The van der Waals surface area contributed by atoms with Gasteiger partial charge in [0.05, 0.1) is 23.6 Å². The molecule has 0 bridgehead atoms. The lowest BCUT2D eigenvalue weighted by molar-refractivity contribution is -0.115. The van der Waals surface area contributed by atoms with Gasteiger partial charge in [0.15, 0.2) is 5.82 Å². The maximum absolute atomic E-state index is 13.8. The van der Waals surface area contributed by atoms with Crippen LogP contribution in [0.3, 0.4) is 0 Å². The summed E-state index contributed by atoms with van der Waals surface area (Å²) in [6.07, 6.45) is 0. The summed E-state index contributed by atoms with van der Waals surface area (Å²) in [5.41, 5.74) is 0.794. The number of H-pyrrole nitrogens is 1. The summed E-state index contributed by atoms with van der Waals surface area (Å²) in [6.45, 7) is 1.72. The Morgan fingerprint density at radius 1 is 1.33 bits per heavy atom. The summed E-state index contributed by atoms with van der Waals surface area (Å²) in [5, 5.41) is 9.83. The van der Waals surface area contributed by atoms with Crippen LogP contribution in [0.15, 0.2) is 47.6 Å². The molecule has 1 heterocycles. The van der Waals surface area contributed by atoms with E-state index in [1.165, 1.54) is 13.2 Å². The van der Waals surface area contributed by atoms with Crippen molar-refractivity contribution >= 4 is 35.0 Å². The molecule has 6 nitrogen and oxygen atoms in total. The van der Waals surface area contributed by atoms with Gasteiger partial charge in [-0.05, 0) is 37.3 Å². The molecule has 3 rings (SSSR count). The zero-order chi connectivity index (χ0) is 19.4. The fraction of sp³-hybridized carbons (Fsp3) is 0.167. The summed E-state index contributed by atoms with van der Waals surface area (Å²) in [5.74, 6) is 0.145. The number of nitrogens with zero attached hydrogens (tertiary/aromatic N) is 2. The molecular formula is C18H16ClFN4O2S. The monoisotopic (exact) mass is 406 g/mol. The molecule has 2 aromatic carbocycles. The van der Waals surface area contributed by atoms with Gasteiger partial charge in [-0.1, -0.05) is 35.5 Å². The van der Waals surface area contributed by atoms with Gasteiger partial charge in [0.1, 0.15) is 11.6 Å². The second-order valence-corrected chi connectivity index (χ2v) is 7.28. The number of methoxy groups -OCH3 is 1. The number of ether oxygens (including phenoxy) is 1. The number of hydrogen-bond donors (Lipinski definition) is 2. The van der Waals surface area contributed by atoms with Crippen LogP contribution in [0, 0.1) is 5.82 Å². The van der Waals surface area contributed by atoms with Gasteiger partial charge in [-0.25, -0.2) is 9.37 Å². The molecule has 0 radical (unpaired) electrons. The summed E-state index contributed by atoms with van der Waals surface area (Å²) < 4.78 is 19.1. The molecule has 0 fully saturated rings. The molecule has 27 heavy (non-hydrogen) atoms. The molecule has 1 aromatic heterocycles. The molecule has 1 amide bonds. The van der Waals surface area contributed by atoms with E-state index in [2.05, 4.69) is 20.5 Å². The van der Waals surface area contributed by atoms with Crippen molar-refractivity contribution in [3.8, 4) is 17.1 Å². The highest BCUT2D eigenvalue weighted by Gasteiger charge is 2.19. The molecule has 0 spiro atoms. The fourth-order valence-corrected chi connectivity index (χ4v) is 3.19. The highest BCUT2D eigenvalue weighted by Crippen LogP contribution is 2.29. The van der Waals surface area contributed by atoms with E-state index in [0.717, 1.165) is 11.8 Å². The van der Waals surface area contributed by atoms with Crippen LogP contribution in [0.25, 0.3) is 11.4 Å². The van der Waals surface area contributed by atoms with Crippen LogP contribution in [0.5, 0.6) is 5.75 Å². The van der Waals surface area contributed by atoms with Gasteiger partial charge < -0.3 is 10.1 Å². The van der Waals surface area contributed by atoms with Crippen LogP contribution >= 0.6 is 23.4 Å². The lowest BCUT2D eigenvalue weighted by Crippen LogP contribution is -2.22. The lowest BCUT2D eigenvalue weighted by Gasteiger charge is -2.13. The van der Waals surface area contributed by atoms with Gasteiger partial charge in [-0.2, -0.15) is 0 Å². The van der Waals surface area contributed by atoms with Crippen molar-refractivity contribution in [2.45, 2.75) is 17.3 Å². The maximum Gasteiger partial charge on any atom is 0.237 e. The van der Waals surface area contributed by atoms with Crippen molar-refractivity contribution in [2.75, 3.05) is 12.4 Å². The predicted octanol–water partition coefficient (Wildman–Crippen LogP) is 4.39. The minimum absolute atomic E-state index is 0.266. The smallest absolute Gasteiger partial charge is 0.237 e. The average molecular weight is 407 g/mol. The van der Waals surface area contributed by atoms with E-state index in [-0.39, 0.29) is 5.91 Å². The maximum atomic E-state index is 13.8. The standard InChI is InChI=1S/C18H16ClFN4O2S/c1-10(17(25)21-14-9-11(19)7-8-15(14)26-2)27-18-22-16(23-24-18)12-5-3-4-6-13(12)20/h3-10H,1-2H3,(H,21,25)(H,22,23,24)/t10-/m1/s1. The van der Waals surface area contributed by atoms with Crippen molar-refractivity contribution in [1.82, 2.24) is 15.2 Å². The second kappa shape index (κ2) is 8.41. The number of anilines is 1. The van der Waals surface area contributed by atoms with E-state index in [4.69, 9.17) is 16.3 Å². The van der Waals surface area contributed by atoms with E-state index < -0.39 is 11.1 Å². The number of halogens is 2. The number of nitrogens with one attached hydrogen (secondary N) is 2. The fourth-order valence-electron chi connectivity index (χ4n) is 2.30. The van der Waals surface area contributed by atoms with Crippen LogP contribution in [0.4, 0.5) is 10.1 Å². The van der Waals surface area contributed by atoms with Gasteiger partial charge in [-0.3, -0.25) is 9.89 Å². The Morgan fingerprint density at radius 2 is 2.11 bits per heavy atom. The molecule has 0 saturated carbocycles. The highest BCUT2D eigenvalue weighted by molar-refractivity contribution is 8.00. The molecule has 140 valence electrons. The van der Waals surface area contributed by atoms with E-state index in [1.807, 2.05) is 0 Å². The first-order valence-electron chi connectivity index (χ1n) is 7.96. The summed E-state index contributed by atoms with van der Waals surface area (Å²) >= 11 is 7.12. The molecule has 3 aromatic rings. The van der Waals surface area contributed by atoms with Crippen LogP contribution in [-0.2, 0) is 4.79 Å². The first-order chi connectivity index (χ1) is 13.0. The predicted molar refractivity (Wildman–Crippen MR) is 104 cm³/mol. The van der Waals surface area contributed by atoms with Crippen molar-refractivity contribution in [1.29, 1.82) is 0 Å². The molecule has 0 aliphatic carbocycles. The molecular weight excluding hydrogens is 391 g/mol. The summed E-state index contributed by atoms with van der Waals surface area (Å²) in [7, 11) is 1.51. The Bertz CT molecular complexity index is 966. The Hall–Kier alpha value is -2.58. The van der Waals surface area contributed by atoms with Crippen LogP contribution in [-0.4, -0.2) is 33.4 Å². The number of hydrogen-bond acceptors (Lipinski definition) is 5. The van der Waals surface area contributed by atoms with Crippen molar-refractivity contribution < 1.29 is 13.9 Å². The number of carbonyl (C=O) groups is 1. The highest BCUT2D eigenvalue weighted by atomic mass is 35.5. The number of aromatic amines is 1. The third-order valence-corrected chi connectivity index (χ3v) is 4.86. The third kappa shape index (κ3) is 4.58. The Morgan fingerprint density at radius 3 is 2.85 bits per heavy atom. The molecule has 0 aliphatic heterocycles. The van der Waals surface area contributed by atoms with Gasteiger partial charge in [0.2, 0.25) is 11.1 Å². The first kappa shape index (κ1) is 19.2. The van der Waals surface area contributed by atoms with Crippen molar-refractivity contribution in [3.63, 3.8) is 0 Å². The van der Waals surface area contributed by atoms with E-state index in [1.54, 1.807) is 43.3 Å². The zero-order valence-corrected chi connectivity index (χ0v) is 16.1. The molecule has 9 heteroatoms. The zero-order valence-electron chi connectivity index (χ0n) is 14.5. The number of thioether (sulfide) groups is 1. The van der Waals surface area contributed by atoms with Crippen LogP contribution in [0.2, 0.25) is 5.02 Å². The quantitative estimate of drug-likeness (QED) is 0.593. The number of carbonyl (C=O) groups excluding carboxylic acids is 1.